The number of nitrogens with zero attached hydrogens (tertiary/aromatic N) is 2. The highest BCUT2D eigenvalue weighted by Crippen LogP contribution is 2.26. The van der Waals surface area contributed by atoms with E-state index in [2.05, 4.69) is 31.4 Å². The van der Waals surface area contributed by atoms with Crippen LogP contribution < -0.4 is 5.32 Å². The van der Waals surface area contributed by atoms with Gasteiger partial charge in [0.15, 0.2) is 0 Å². The third-order valence-electron chi connectivity index (χ3n) is 2.75. The zero-order valence-electron chi connectivity index (χ0n) is 10.7. The number of aryl methyl sites for hydroxylation is 1. The van der Waals surface area contributed by atoms with Crippen LogP contribution in [-0.2, 0) is 0 Å². The van der Waals surface area contributed by atoms with Gasteiger partial charge in [-0.25, -0.2) is 0 Å². The normalized spacial score (nSPS) is 12.7. The van der Waals surface area contributed by atoms with Gasteiger partial charge < -0.3 is 9.73 Å². The highest BCUT2D eigenvalue weighted by Gasteiger charge is 2.15. The lowest BCUT2D eigenvalue weighted by Crippen LogP contribution is -2.17. The molecule has 1 aromatic heterocycles. The monoisotopic (exact) mass is 309 g/mol. The van der Waals surface area contributed by atoms with Gasteiger partial charge in [-0.3, -0.25) is 0 Å². The Labute approximate surface area is 115 Å². The average molecular weight is 310 g/mol. The molecule has 18 heavy (non-hydrogen) atoms. The molecule has 0 saturated heterocycles. The maximum Gasteiger partial charge on any atom is 0.248 e. The Hall–Kier alpha value is -1.20. The molecule has 0 aliphatic carbocycles. The van der Waals surface area contributed by atoms with E-state index in [1.807, 2.05) is 39.0 Å². The predicted octanol–water partition coefficient (Wildman–Crippen LogP) is 3.48. The SMILES string of the molecule is CCNC(C)c1nnc(-c2cc(Br)ccc2C)o1. The fourth-order valence-corrected chi connectivity index (χ4v) is 2.10. The number of nitrogens with one attached hydrogen (secondary N) is 1. The average Bonchev–Trinajstić information content (AvgIpc) is 2.82. The lowest BCUT2D eigenvalue weighted by molar-refractivity contribution is 0.429. The molecule has 0 saturated carbocycles. The van der Waals surface area contributed by atoms with Crippen LogP contribution in [0.5, 0.6) is 0 Å². The van der Waals surface area contributed by atoms with E-state index in [0.717, 1.165) is 22.1 Å². The molecule has 1 N–H and O–H groups in total. The molecule has 1 unspecified atom stereocenters. The zero-order chi connectivity index (χ0) is 13.1. The standard InChI is InChI=1S/C13H16BrN3O/c1-4-15-9(3)12-16-17-13(18-12)11-7-10(14)6-5-8(11)2/h5-7,9,15H,4H2,1-3H3. The summed E-state index contributed by atoms with van der Waals surface area (Å²) < 4.78 is 6.72. The number of hydrogen-bond donors (Lipinski definition) is 1. The van der Waals surface area contributed by atoms with Crippen molar-refractivity contribution in [2.45, 2.75) is 26.8 Å². The topological polar surface area (TPSA) is 51.0 Å². The molecule has 1 heterocycles. The van der Waals surface area contributed by atoms with E-state index >= 15 is 0 Å². The van der Waals surface area contributed by atoms with Crippen molar-refractivity contribution >= 4 is 15.9 Å². The van der Waals surface area contributed by atoms with Crippen molar-refractivity contribution in [2.75, 3.05) is 6.54 Å². The summed E-state index contributed by atoms with van der Waals surface area (Å²) >= 11 is 3.45. The summed E-state index contributed by atoms with van der Waals surface area (Å²) in [6.45, 7) is 6.95. The first kappa shape index (κ1) is 13.2. The number of aromatic nitrogens is 2. The summed E-state index contributed by atoms with van der Waals surface area (Å²) in [7, 11) is 0. The second kappa shape index (κ2) is 5.63. The van der Waals surface area contributed by atoms with Crippen molar-refractivity contribution in [3.63, 3.8) is 0 Å². The largest absolute Gasteiger partial charge is 0.419 e. The van der Waals surface area contributed by atoms with Crippen LogP contribution in [0.1, 0.15) is 31.3 Å². The van der Waals surface area contributed by atoms with Gasteiger partial charge in [-0.15, -0.1) is 10.2 Å². The summed E-state index contributed by atoms with van der Waals surface area (Å²) in [5.74, 6) is 1.18. The number of halogens is 1. The van der Waals surface area contributed by atoms with Crippen molar-refractivity contribution in [1.29, 1.82) is 0 Å². The molecular weight excluding hydrogens is 294 g/mol. The first-order valence-electron chi connectivity index (χ1n) is 5.95. The Morgan fingerprint density at radius 3 is 2.89 bits per heavy atom. The van der Waals surface area contributed by atoms with E-state index in [9.17, 15) is 0 Å². The van der Waals surface area contributed by atoms with Crippen LogP contribution in [0.4, 0.5) is 0 Å². The zero-order valence-corrected chi connectivity index (χ0v) is 12.3. The lowest BCUT2D eigenvalue weighted by Gasteiger charge is -2.06. The number of hydrogen-bond acceptors (Lipinski definition) is 4. The third kappa shape index (κ3) is 2.79. The van der Waals surface area contributed by atoms with Crippen molar-refractivity contribution < 1.29 is 4.42 Å². The fraction of sp³-hybridized carbons (Fsp3) is 0.385. The summed E-state index contributed by atoms with van der Waals surface area (Å²) in [6, 6.07) is 6.09. The molecule has 2 aromatic rings. The van der Waals surface area contributed by atoms with E-state index in [1.165, 1.54) is 0 Å². The first-order valence-corrected chi connectivity index (χ1v) is 6.74. The van der Waals surface area contributed by atoms with Crippen molar-refractivity contribution in [1.82, 2.24) is 15.5 Å². The van der Waals surface area contributed by atoms with Crippen LogP contribution in [0, 0.1) is 6.92 Å². The number of rotatable bonds is 4. The van der Waals surface area contributed by atoms with Gasteiger partial charge in [0.25, 0.3) is 0 Å². The van der Waals surface area contributed by atoms with Crippen molar-refractivity contribution in [2.24, 2.45) is 0 Å². The smallest absolute Gasteiger partial charge is 0.248 e. The summed E-state index contributed by atoms with van der Waals surface area (Å²) in [5.41, 5.74) is 2.08. The highest BCUT2D eigenvalue weighted by atomic mass is 79.9. The summed E-state index contributed by atoms with van der Waals surface area (Å²) in [4.78, 5) is 0. The molecule has 2 rings (SSSR count). The van der Waals surface area contributed by atoms with Gasteiger partial charge in [-0.2, -0.15) is 0 Å². The summed E-state index contributed by atoms with van der Waals surface area (Å²) in [6.07, 6.45) is 0. The summed E-state index contributed by atoms with van der Waals surface area (Å²) in [5, 5.41) is 11.4. The predicted molar refractivity (Wildman–Crippen MR) is 74.3 cm³/mol. The van der Waals surface area contributed by atoms with Gasteiger partial charge in [0.1, 0.15) is 0 Å². The fourth-order valence-electron chi connectivity index (χ4n) is 1.74. The molecule has 0 amide bonds. The second-order valence-electron chi connectivity index (χ2n) is 4.18. The van der Waals surface area contributed by atoms with Crippen LogP contribution in [0.3, 0.4) is 0 Å². The van der Waals surface area contributed by atoms with E-state index in [-0.39, 0.29) is 6.04 Å². The van der Waals surface area contributed by atoms with Crippen LogP contribution in [0.15, 0.2) is 27.1 Å². The van der Waals surface area contributed by atoms with Gasteiger partial charge in [0, 0.05) is 10.0 Å². The minimum absolute atomic E-state index is 0.0729. The minimum atomic E-state index is 0.0729. The quantitative estimate of drug-likeness (QED) is 0.939. The van der Waals surface area contributed by atoms with Crippen LogP contribution in [0.25, 0.3) is 11.5 Å². The molecule has 0 radical (unpaired) electrons. The molecule has 0 fully saturated rings. The molecule has 0 bridgehead atoms. The molecule has 0 aliphatic rings. The number of benzene rings is 1. The Balaban J connectivity index is 2.32. The molecule has 5 heteroatoms. The molecule has 0 aliphatic heterocycles. The van der Waals surface area contributed by atoms with Gasteiger partial charge in [0.2, 0.25) is 11.8 Å². The van der Waals surface area contributed by atoms with Gasteiger partial charge in [-0.05, 0) is 38.1 Å². The molecule has 1 aromatic carbocycles. The Bertz CT molecular complexity index is 539. The van der Waals surface area contributed by atoms with Gasteiger partial charge in [0.05, 0.1) is 6.04 Å². The van der Waals surface area contributed by atoms with Crippen molar-refractivity contribution in [3.8, 4) is 11.5 Å². The van der Waals surface area contributed by atoms with Crippen LogP contribution in [-0.4, -0.2) is 16.7 Å². The highest BCUT2D eigenvalue weighted by molar-refractivity contribution is 9.10. The van der Waals surface area contributed by atoms with Crippen LogP contribution in [0.2, 0.25) is 0 Å². The Morgan fingerprint density at radius 2 is 2.17 bits per heavy atom. The maximum atomic E-state index is 5.71. The van der Waals surface area contributed by atoms with Gasteiger partial charge >= 0.3 is 0 Å². The molecule has 0 spiro atoms. The molecular formula is C13H16BrN3O. The molecule has 96 valence electrons. The maximum absolute atomic E-state index is 5.71. The Morgan fingerprint density at radius 1 is 1.39 bits per heavy atom. The van der Waals surface area contributed by atoms with E-state index in [1.54, 1.807) is 0 Å². The van der Waals surface area contributed by atoms with Gasteiger partial charge in [-0.1, -0.05) is 28.9 Å². The minimum Gasteiger partial charge on any atom is -0.419 e. The van der Waals surface area contributed by atoms with E-state index in [4.69, 9.17) is 4.42 Å². The van der Waals surface area contributed by atoms with Crippen molar-refractivity contribution in [3.05, 3.63) is 34.1 Å². The van der Waals surface area contributed by atoms with E-state index in [0.29, 0.717) is 11.8 Å². The molecule has 4 nitrogen and oxygen atoms in total. The van der Waals surface area contributed by atoms with E-state index < -0.39 is 0 Å². The lowest BCUT2D eigenvalue weighted by atomic mass is 10.1. The second-order valence-corrected chi connectivity index (χ2v) is 5.10. The first-order chi connectivity index (χ1) is 8.61. The third-order valence-corrected chi connectivity index (χ3v) is 3.24. The Kier molecular flexibility index (Phi) is 4.14. The molecule has 1 atom stereocenters. The van der Waals surface area contributed by atoms with Crippen LogP contribution >= 0.6 is 15.9 Å².